The number of hydrogen-bond acceptors (Lipinski definition) is 5. The normalized spacial score (nSPS) is 14.6. The number of piperidine rings is 1. The molecule has 132 valence electrons. The maximum absolute atomic E-state index is 12.3. The van der Waals surface area contributed by atoms with Gasteiger partial charge in [-0.15, -0.1) is 0 Å². The van der Waals surface area contributed by atoms with Crippen LogP contribution in [-0.2, 0) is 16.1 Å². The van der Waals surface area contributed by atoms with Crippen LogP contribution in [0.15, 0.2) is 36.0 Å². The molecular weight excluding hydrogens is 318 g/mol. The summed E-state index contributed by atoms with van der Waals surface area (Å²) >= 11 is 0. The molecule has 25 heavy (non-hydrogen) atoms. The number of benzene rings is 1. The molecule has 1 amide bonds. The summed E-state index contributed by atoms with van der Waals surface area (Å²) in [6.45, 7) is 4.00. The Morgan fingerprint density at radius 3 is 2.52 bits per heavy atom. The molecule has 0 bridgehead atoms. The van der Waals surface area contributed by atoms with Gasteiger partial charge in [0, 0.05) is 25.8 Å². The van der Waals surface area contributed by atoms with E-state index in [9.17, 15) is 14.9 Å². The number of ether oxygens (including phenoxy) is 1. The van der Waals surface area contributed by atoms with Crippen molar-refractivity contribution in [1.29, 1.82) is 5.26 Å². The molecule has 0 saturated carbocycles. The number of esters is 1. The zero-order valence-electron chi connectivity index (χ0n) is 14.5. The second-order valence-electron chi connectivity index (χ2n) is 5.82. The molecule has 1 aliphatic heterocycles. The molecule has 1 fully saturated rings. The summed E-state index contributed by atoms with van der Waals surface area (Å²) in [6.07, 6.45) is 4.58. The first kappa shape index (κ1) is 18.5. The summed E-state index contributed by atoms with van der Waals surface area (Å²) in [4.78, 5) is 25.6. The maximum atomic E-state index is 12.3. The molecule has 0 atom stereocenters. The van der Waals surface area contributed by atoms with Crippen molar-refractivity contribution in [1.82, 2.24) is 10.2 Å². The highest BCUT2D eigenvalue weighted by molar-refractivity contribution is 5.97. The zero-order chi connectivity index (χ0) is 18.1. The van der Waals surface area contributed by atoms with Gasteiger partial charge in [0.1, 0.15) is 11.6 Å². The van der Waals surface area contributed by atoms with Crippen LogP contribution < -0.4 is 5.32 Å². The van der Waals surface area contributed by atoms with E-state index >= 15 is 0 Å². The highest BCUT2D eigenvalue weighted by Crippen LogP contribution is 2.12. The van der Waals surface area contributed by atoms with Gasteiger partial charge >= 0.3 is 5.97 Å². The Labute approximate surface area is 148 Å². The van der Waals surface area contributed by atoms with Gasteiger partial charge in [-0.05, 0) is 43.9 Å². The number of carbonyl (C=O) groups is 2. The Morgan fingerprint density at radius 2 is 1.92 bits per heavy atom. The quantitative estimate of drug-likeness (QED) is 0.488. The fourth-order valence-corrected chi connectivity index (χ4v) is 2.65. The first-order chi connectivity index (χ1) is 12.2. The summed E-state index contributed by atoms with van der Waals surface area (Å²) < 4.78 is 4.94. The van der Waals surface area contributed by atoms with Crippen molar-refractivity contribution in [2.75, 3.05) is 19.7 Å². The SMILES string of the molecule is CCOC(=O)c1ccc(CN/C=C(/C#N)C(=O)N2CCCCC2)cc1. The number of nitrogens with zero attached hydrogens (tertiary/aromatic N) is 2. The van der Waals surface area contributed by atoms with E-state index in [-0.39, 0.29) is 17.4 Å². The van der Waals surface area contributed by atoms with Crippen molar-refractivity contribution in [2.24, 2.45) is 0 Å². The summed E-state index contributed by atoms with van der Waals surface area (Å²) in [5.74, 6) is -0.562. The lowest BCUT2D eigenvalue weighted by Gasteiger charge is -2.26. The lowest BCUT2D eigenvalue weighted by atomic mass is 10.1. The van der Waals surface area contributed by atoms with Gasteiger partial charge in [-0.1, -0.05) is 12.1 Å². The van der Waals surface area contributed by atoms with Crippen molar-refractivity contribution in [3.8, 4) is 6.07 Å². The Hall–Kier alpha value is -2.81. The fraction of sp³-hybridized carbons (Fsp3) is 0.421. The average molecular weight is 341 g/mol. The third-order valence-corrected chi connectivity index (χ3v) is 4.01. The van der Waals surface area contributed by atoms with Gasteiger partial charge in [0.2, 0.25) is 0 Å². The van der Waals surface area contributed by atoms with Crippen LogP contribution in [-0.4, -0.2) is 36.5 Å². The van der Waals surface area contributed by atoms with E-state index < -0.39 is 0 Å². The lowest BCUT2D eigenvalue weighted by Crippen LogP contribution is -2.36. The van der Waals surface area contributed by atoms with Crippen LogP contribution >= 0.6 is 0 Å². The van der Waals surface area contributed by atoms with E-state index in [1.807, 2.05) is 18.2 Å². The van der Waals surface area contributed by atoms with Crippen molar-refractivity contribution < 1.29 is 14.3 Å². The number of rotatable bonds is 6. The van der Waals surface area contributed by atoms with Crippen molar-refractivity contribution in [3.05, 3.63) is 47.2 Å². The van der Waals surface area contributed by atoms with E-state index in [1.165, 1.54) is 6.20 Å². The molecular formula is C19H23N3O3. The number of amides is 1. The van der Waals surface area contributed by atoms with E-state index in [2.05, 4.69) is 5.32 Å². The lowest BCUT2D eigenvalue weighted by molar-refractivity contribution is -0.127. The smallest absolute Gasteiger partial charge is 0.338 e. The number of carbonyl (C=O) groups excluding carboxylic acids is 2. The third kappa shape index (κ3) is 5.35. The van der Waals surface area contributed by atoms with E-state index in [0.29, 0.717) is 31.8 Å². The standard InChI is InChI=1S/C19H23N3O3/c1-2-25-19(24)16-8-6-15(7-9-16)13-21-14-17(12-20)18(23)22-10-4-3-5-11-22/h6-9,14,21H,2-5,10-11,13H2,1H3/b17-14-. The Kier molecular flexibility index (Phi) is 7.02. The van der Waals surface area contributed by atoms with E-state index in [0.717, 1.165) is 24.8 Å². The van der Waals surface area contributed by atoms with Crippen molar-refractivity contribution in [2.45, 2.75) is 32.7 Å². The molecule has 2 rings (SSSR count). The van der Waals surface area contributed by atoms with Gasteiger partial charge in [-0.3, -0.25) is 4.79 Å². The Bertz CT molecular complexity index is 668. The maximum Gasteiger partial charge on any atom is 0.338 e. The van der Waals surface area contributed by atoms with Gasteiger partial charge in [-0.25, -0.2) is 4.79 Å². The zero-order valence-corrected chi connectivity index (χ0v) is 14.5. The van der Waals surface area contributed by atoms with Gasteiger partial charge < -0.3 is 15.0 Å². The molecule has 1 saturated heterocycles. The monoisotopic (exact) mass is 341 g/mol. The van der Waals surface area contributed by atoms with E-state index in [1.54, 1.807) is 24.0 Å². The molecule has 1 aliphatic rings. The van der Waals surface area contributed by atoms with Crippen LogP contribution in [0.1, 0.15) is 42.1 Å². The predicted octanol–water partition coefficient (Wildman–Crippen LogP) is 2.37. The highest BCUT2D eigenvalue weighted by atomic mass is 16.5. The van der Waals surface area contributed by atoms with Crippen LogP contribution in [0.4, 0.5) is 0 Å². The topological polar surface area (TPSA) is 82.4 Å². The molecule has 0 aromatic heterocycles. The van der Waals surface area contributed by atoms with Gasteiger partial charge in [0.25, 0.3) is 5.91 Å². The second-order valence-corrected chi connectivity index (χ2v) is 5.82. The first-order valence-corrected chi connectivity index (χ1v) is 8.54. The minimum absolute atomic E-state index is 0.116. The molecule has 6 nitrogen and oxygen atoms in total. The number of nitriles is 1. The molecule has 1 aromatic rings. The highest BCUT2D eigenvalue weighted by Gasteiger charge is 2.19. The molecule has 1 N–H and O–H groups in total. The molecule has 0 unspecified atom stereocenters. The first-order valence-electron chi connectivity index (χ1n) is 8.54. The second kappa shape index (κ2) is 9.48. The molecule has 0 spiro atoms. The molecule has 0 radical (unpaired) electrons. The number of hydrogen-bond donors (Lipinski definition) is 1. The molecule has 0 aliphatic carbocycles. The minimum atomic E-state index is -0.346. The van der Waals surface area contributed by atoms with Crippen LogP contribution in [0.5, 0.6) is 0 Å². The van der Waals surface area contributed by atoms with Crippen LogP contribution in [0.25, 0.3) is 0 Å². The van der Waals surface area contributed by atoms with Crippen LogP contribution in [0, 0.1) is 11.3 Å². The molecule has 6 heteroatoms. The number of nitrogens with one attached hydrogen (secondary N) is 1. The molecule has 1 aromatic carbocycles. The van der Waals surface area contributed by atoms with Crippen molar-refractivity contribution in [3.63, 3.8) is 0 Å². The molecule has 1 heterocycles. The Balaban J connectivity index is 1.90. The van der Waals surface area contributed by atoms with Gasteiger partial charge in [-0.2, -0.15) is 5.26 Å². The summed E-state index contributed by atoms with van der Waals surface area (Å²) in [5, 5.41) is 12.2. The van der Waals surface area contributed by atoms with Crippen LogP contribution in [0.2, 0.25) is 0 Å². The van der Waals surface area contributed by atoms with E-state index in [4.69, 9.17) is 4.74 Å². The van der Waals surface area contributed by atoms with Gasteiger partial charge in [0.15, 0.2) is 0 Å². The van der Waals surface area contributed by atoms with Gasteiger partial charge in [0.05, 0.1) is 12.2 Å². The van der Waals surface area contributed by atoms with Crippen LogP contribution in [0.3, 0.4) is 0 Å². The fourth-order valence-electron chi connectivity index (χ4n) is 2.65. The predicted molar refractivity (Wildman–Crippen MR) is 93.4 cm³/mol. The summed E-state index contributed by atoms with van der Waals surface area (Å²) in [5.41, 5.74) is 1.55. The van der Waals surface area contributed by atoms with Crippen molar-refractivity contribution >= 4 is 11.9 Å². The average Bonchev–Trinajstić information content (AvgIpc) is 2.66. The number of likely N-dealkylation sites (tertiary alicyclic amines) is 1. The third-order valence-electron chi connectivity index (χ3n) is 4.01. The Morgan fingerprint density at radius 1 is 1.24 bits per heavy atom. The largest absolute Gasteiger partial charge is 0.462 e. The summed E-state index contributed by atoms with van der Waals surface area (Å²) in [6, 6.07) is 8.99. The minimum Gasteiger partial charge on any atom is -0.462 e. The summed E-state index contributed by atoms with van der Waals surface area (Å²) in [7, 11) is 0.